The molecule has 1 saturated heterocycles. The lowest BCUT2D eigenvalue weighted by Gasteiger charge is -2.22. The summed E-state index contributed by atoms with van der Waals surface area (Å²) in [5.41, 5.74) is 6.32. The summed E-state index contributed by atoms with van der Waals surface area (Å²) < 4.78 is -0.430. The standard InChI is InChI=1S/C15H15N3O2S2/c1-8-12(17-18-14(20)22-8)9-3-4-11-10(7-9)15(13(19)16-11)5-2-6-21-15/h3-4,7-8H,2,5-6H2,1H3,(H,16,19)(H,18,20). The SMILES string of the molecule is CC1SC(=O)NN=C1c1ccc2c(c1)C1(CCCS1)C(=O)N2. The van der Waals surface area contributed by atoms with E-state index in [0.717, 1.165) is 41.1 Å². The van der Waals surface area contributed by atoms with E-state index in [1.807, 2.05) is 19.1 Å². The monoisotopic (exact) mass is 333 g/mol. The van der Waals surface area contributed by atoms with E-state index < -0.39 is 4.75 Å². The Labute approximate surface area is 136 Å². The lowest BCUT2D eigenvalue weighted by molar-refractivity contribution is -0.118. The van der Waals surface area contributed by atoms with Gasteiger partial charge in [-0.3, -0.25) is 9.59 Å². The van der Waals surface area contributed by atoms with E-state index in [-0.39, 0.29) is 16.4 Å². The molecule has 7 heteroatoms. The number of hydrazone groups is 1. The number of thioether (sulfide) groups is 2. The normalized spacial score (nSPS) is 30.0. The lowest BCUT2D eigenvalue weighted by atomic mass is 9.92. The average Bonchev–Trinajstić information content (AvgIpc) is 3.07. The van der Waals surface area contributed by atoms with Crippen LogP contribution in [0.3, 0.4) is 0 Å². The number of anilines is 1. The minimum absolute atomic E-state index is 0.00375. The molecule has 3 aliphatic rings. The smallest absolute Gasteiger partial charge is 0.299 e. The molecular formula is C15H15N3O2S2. The third-order valence-electron chi connectivity index (χ3n) is 4.32. The molecule has 2 amide bonds. The fraction of sp³-hybridized carbons (Fsp3) is 0.400. The van der Waals surface area contributed by atoms with Crippen LogP contribution in [0.15, 0.2) is 23.3 Å². The van der Waals surface area contributed by atoms with Crippen LogP contribution in [-0.4, -0.2) is 27.9 Å². The van der Waals surface area contributed by atoms with Crippen molar-refractivity contribution in [3.63, 3.8) is 0 Å². The van der Waals surface area contributed by atoms with Gasteiger partial charge in [0.2, 0.25) is 5.91 Å². The summed E-state index contributed by atoms with van der Waals surface area (Å²) in [7, 11) is 0. The second kappa shape index (κ2) is 5.03. The molecule has 2 unspecified atom stereocenters. The molecule has 0 bridgehead atoms. The molecule has 0 saturated carbocycles. The highest BCUT2D eigenvalue weighted by Gasteiger charge is 2.49. The molecule has 3 heterocycles. The maximum atomic E-state index is 12.4. The summed E-state index contributed by atoms with van der Waals surface area (Å²) in [5, 5.41) is 7.09. The summed E-state index contributed by atoms with van der Waals surface area (Å²) in [4.78, 5) is 23.8. The van der Waals surface area contributed by atoms with E-state index in [4.69, 9.17) is 0 Å². The van der Waals surface area contributed by atoms with Gasteiger partial charge < -0.3 is 5.32 Å². The molecule has 1 aromatic rings. The Bertz CT molecular complexity index is 711. The van der Waals surface area contributed by atoms with Gasteiger partial charge in [0.05, 0.1) is 11.0 Å². The zero-order valence-corrected chi connectivity index (χ0v) is 13.6. The Balaban J connectivity index is 1.78. The summed E-state index contributed by atoms with van der Waals surface area (Å²) in [5.74, 6) is 1.11. The summed E-state index contributed by atoms with van der Waals surface area (Å²) >= 11 is 2.97. The van der Waals surface area contributed by atoms with Crippen molar-refractivity contribution in [1.29, 1.82) is 0 Å². The average molecular weight is 333 g/mol. The van der Waals surface area contributed by atoms with Gasteiger partial charge in [0.15, 0.2) is 0 Å². The fourth-order valence-corrected chi connectivity index (χ4v) is 5.41. The van der Waals surface area contributed by atoms with Crippen LogP contribution in [0.4, 0.5) is 10.5 Å². The predicted molar refractivity (Wildman–Crippen MR) is 90.6 cm³/mol. The maximum Gasteiger partial charge on any atom is 0.299 e. The molecule has 1 spiro atoms. The molecular weight excluding hydrogens is 318 g/mol. The largest absolute Gasteiger partial charge is 0.324 e. The Kier molecular flexibility index (Phi) is 3.23. The van der Waals surface area contributed by atoms with Crippen molar-refractivity contribution < 1.29 is 9.59 Å². The van der Waals surface area contributed by atoms with Crippen molar-refractivity contribution in [2.24, 2.45) is 5.10 Å². The van der Waals surface area contributed by atoms with E-state index in [0.29, 0.717) is 0 Å². The van der Waals surface area contributed by atoms with Crippen molar-refractivity contribution in [1.82, 2.24) is 5.43 Å². The highest BCUT2D eigenvalue weighted by Crippen LogP contribution is 2.53. The summed E-state index contributed by atoms with van der Waals surface area (Å²) in [6, 6.07) is 5.98. The number of nitrogens with zero attached hydrogens (tertiary/aromatic N) is 1. The minimum atomic E-state index is -0.430. The van der Waals surface area contributed by atoms with Crippen LogP contribution in [0.5, 0.6) is 0 Å². The third kappa shape index (κ3) is 1.99. The number of carbonyl (C=O) groups excluding carboxylic acids is 2. The van der Waals surface area contributed by atoms with Crippen LogP contribution in [0.2, 0.25) is 0 Å². The zero-order valence-electron chi connectivity index (χ0n) is 12.0. The number of benzene rings is 1. The van der Waals surface area contributed by atoms with E-state index in [9.17, 15) is 9.59 Å². The van der Waals surface area contributed by atoms with Gasteiger partial charge in [0, 0.05) is 11.3 Å². The van der Waals surface area contributed by atoms with Crippen LogP contribution in [-0.2, 0) is 9.54 Å². The number of hydrogen-bond acceptors (Lipinski definition) is 5. The second-order valence-electron chi connectivity index (χ2n) is 5.65. The first-order valence-electron chi connectivity index (χ1n) is 7.25. The molecule has 3 aliphatic heterocycles. The Morgan fingerprint density at radius 3 is 2.95 bits per heavy atom. The number of nitrogens with one attached hydrogen (secondary N) is 2. The first-order chi connectivity index (χ1) is 10.6. The van der Waals surface area contributed by atoms with E-state index in [1.165, 1.54) is 11.8 Å². The summed E-state index contributed by atoms with van der Waals surface area (Å²) in [6.07, 6.45) is 1.94. The molecule has 0 aromatic heterocycles. The molecule has 22 heavy (non-hydrogen) atoms. The Morgan fingerprint density at radius 1 is 1.36 bits per heavy atom. The van der Waals surface area contributed by atoms with Gasteiger partial charge in [-0.25, -0.2) is 5.43 Å². The first kappa shape index (κ1) is 14.1. The van der Waals surface area contributed by atoms with Gasteiger partial charge in [-0.15, -0.1) is 11.8 Å². The number of carbonyl (C=O) groups is 2. The van der Waals surface area contributed by atoms with Gasteiger partial charge in [-0.2, -0.15) is 5.10 Å². The maximum absolute atomic E-state index is 12.4. The van der Waals surface area contributed by atoms with E-state index >= 15 is 0 Å². The van der Waals surface area contributed by atoms with Crippen LogP contribution in [0.1, 0.15) is 30.9 Å². The van der Waals surface area contributed by atoms with Crippen LogP contribution in [0.25, 0.3) is 0 Å². The van der Waals surface area contributed by atoms with E-state index in [2.05, 4.69) is 21.9 Å². The van der Waals surface area contributed by atoms with Crippen molar-refractivity contribution in [2.45, 2.75) is 29.8 Å². The highest BCUT2D eigenvalue weighted by atomic mass is 32.2. The van der Waals surface area contributed by atoms with Crippen molar-refractivity contribution in [2.75, 3.05) is 11.1 Å². The van der Waals surface area contributed by atoms with Crippen LogP contribution >= 0.6 is 23.5 Å². The van der Waals surface area contributed by atoms with E-state index in [1.54, 1.807) is 11.8 Å². The third-order valence-corrected chi connectivity index (χ3v) is 6.80. The number of rotatable bonds is 1. The molecule has 114 valence electrons. The van der Waals surface area contributed by atoms with Crippen molar-refractivity contribution in [3.05, 3.63) is 29.3 Å². The molecule has 2 N–H and O–H groups in total. The lowest BCUT2D eigenvalue weighted by Crippen LogP contribution is -2.30. The molecule has 0 aliphatic carbocycles. The van der Waals surface area contributed by atoms with Crippen LogP contribution in [0, 0.1) is 0 Å². The predicted octanol–water partition coefficient (Wildman–Crippen LogP) is 2.91. The number of fused-ring (bicyclic) bond motifs is 2. The second-order valence-corrected chi connectivity index (χ2v) is 8.36. The molecule has 4 rings (SSSR count). The highest BCUT2D eigenvalue weighted by molar-refractivity contribution is 8.14. The topological polar surface area (TPSA) is 70.6 Å². The number of amides is 2. The zero-order chi connectivity index (χ0) is 15.3. The summed E-state index contributed by atoms with van der Waals surface area (Å²) in [6.45, 7) is 1.97. The van der Waals surface area contributed by atoms with Crippen molar-refractivity contribution >= 4 is 46.1 Å². The minimum Gasteiger partial charge on any atom is -0.324 e. The number of hydrogen-bond donors (Lipinski definition) is 2. The fourth-order valence-electron chi connectivity index (χ4n) is 3.26. The molecule has 0 radical (unpaired) electrons. The van der Waals surface area contributed by atoms with Gasteiger partial charge in [-0.1, -0.05) is 17.8 Å². The molecule has 2 atom stereocenters. The molecule has 5 nitrogen and oxygen atoms in total. The van der Waals surface area contributed by atoms with Gasteiger partial charge >= 0.3 is 0 Å². The van der Waals surface area contributed by atoms with Gasteiger partial charge in [-0.05, 0) is 43.2 Å². The Morgan fingerprint density at radius 2 is 2.23 bits per heavy atom. The van der Waals surface area contributed by atoms with Gasteiger partial charge in [0.1, 0.15) is 4.75 Å². The van der Waals surface area contributed by atoms with Crippen LogP contribution < -0.4 is 10.7 Å². The van der Waals surface area contributed by atoms with Crippen molar-refractivity contribution in [3.8, 4) is 0 Å². The quantitative estimate of drug-likeness (QED) is 0.829. The molecule has 1 aromatic carbocycles. The first-order valence-corrected chi connectivity index (χ1v) is 9.11. The van der Waals surface area contributed by atoms with Gasteiger partial charge in [0.25, 0.3) is 5.24 Å². The molecule has 1 fully saturated rings. The Hall–Kier alpha value is -1.47.